The number of carbonyl (C=O) groups excluding carboxylic acids is 2. The third kappa shape index (κ3) is 9.43. The number of carboxylic acids is 1. The highest BCUT2D eigenvalue weighted by Gasteiger charge is 2.35. The Morgan fingerprint density at radius 2 is 1.71 bits per heavy atom. The topological polar surface area (TPSA) is 122 Å². The summed E-state index contributed by atoms with van der Waals surface area (Å²) in [4.78, 5) is 49.6. The van der Waals surface area contributed by atoms with Crippen LogP contribution in [0.5, 0.6) is 5.75 Å². The van der Waals surface area contributed by atoms with E-state index >= 15 is 0 Å². The molecule has 2 N–H and O–H groups in total. The van der Waals surface area contributed by atoms with Gasteiger partial charge in [0.1, 0.15) is 11.8 Å². The summed E-state index contributed by atoms with van der Waals surface area (Å²) in [6, 6.07) is 20.1. The van der Waals surface area contributed by atoms with E-state index in [4.69, 9.17) is 9.72 Å². The summed E-state index contributed by atoms with van der Waals surface area (Å²) in [5.74, 6) is -0.761. The molecule has 3 aromatic carbocycles. The molecule has 49 heavy (non-hydrogen) atoms. The predicted octanol–water partition coefficient (Wildman–Crippen LogP) is 7.22. The van der Waals surface area contributed by atoms with E-state index in [1.54, 1.807) is 23.2 Å². The van der Waals surface area contributed by atoms with Crippen molar-refractivity contribution >= 4 is 28.7 Å². The van der Waals surface area contributed by atoms with Gasteiger partial charge in [0.15, 0.2) is 5.82 Å². The number of nitrogens with zero attached hydrogens (tertiary/aromatic N) is 3. The quantitative estimate of drug-likeness (QED) is 0.137. The van der Waals surface area contributed by atoms with E-state index in [0.29, 0.717) is 31.0 Å². The summed E-state index contributed by atoms with van der Waals surface area (Å²) in [5.41, 5.74) is 3.99. The van der Waals surface area contributed by atoms with Crippen molar-refractivity contribution in [2.24, 2.45) is 5.92 Å². The van der Waals surface area contributed by atoms with Gasteiger partial charge in [-0.3, -0.25) is 14.4 Å². The Kier molecular flexibility index (Phi) is 11.6. The SMILES string of the molecule is CCCCCCCOc1ccc2nc(-c3ccc(CC(NC(=O)c4ccc(C(C)(C)C)cc4)C(=O)N4CCC(C(=O)O)C4)cc3)ncc2c1. The number of likely N-dealkylation sites (tertiary alicyclic amines) is 1. The Balaban J connectivity index is 1.27. The van der Waals surface area contributed by atoms with Gasteiger partial charge in [0.05, 0.1) is 18.0 Å². The summed E-state index contributed by atoms with van der Waals surface area (Å²) in [5, 5.41) is 13.3. The summed E-state index contributed by atoms with van der Waals surface area (Å²) in [7, 11) is 0. The first kappa shape index (κ1) is 35.5. The second-order valence-electron chi connectivity index (χ2n) is 14.0. The molecule has 2 atom stereocenters. The zero-order valence-corrected chi connectivity index (χ0v) is 29.1. The van der Waals surface area contributed by atoms with Crippen LogP contribution < -0.4 is 10.1 Å². The van der Waals surface area contributed by atoms with Crippen molar-refractivity contribution in [3.63, 3.8) is 0 Å². The van der Waals surface area contributed by atoms with Gasteiger partial charge in [-0.25, -0.2) is 9.97 Å². The second kappa shape index (κ2) is 16.1. The third-order valence-corrected chi connectivity index (χ3v) is 9.19. The lowest BCUT2D eigenvalue weighted by atomic mass is 9.86. The zero-order valence-electron chi connectivity index (χ0n) is 29.1. The number of hydrogen-bond donors (Lipinski definition) is 2. The molecule has 1 saturated heterocycles. The second-order valence-corrected chi connectivity index (χ2v) is 14.0. The van der Waals surface area contributed by atoms with Crippen molar-refractivity contribution in [3.05, 3.63) is 89.6 Å². The number of hydrogen-bond acceptors (Lipinski definition) is 6. The number of amides is 2. The first-order valence-electron chi connectivity index (χ1n) is 17.4. The number of aliphatic carboxylic acids is 1. The van der Waals surface area contributed by atoms with Gasteiger partial charge >= 0.3 is 5.97 Å². The van der Waals surface area contributed by atoms with Gasteiger partial charge in [0.2, 0.25) is 5.91 Å². The summed E-state index contributed by atoms with van der Waals surface area (Å²) >= 11 is 0. The minimum Gasteiger partial charge on any atom is -0.494 e. The molecule has 2 amide bonds. The van der Waals surface area contributed by atoms with Crippen molar-refractivity contribution in [2.75, 3.05) is 19.7 Å². The number of aromatic nitrogens is 2. The Hall–Kier alpha value is -4.79. The summed E-state index contributed by atoms with van der Waals surface area (Å²) < 4.78 is 5.95. The van der Waals surface area contributed by atoms with Crippen LogP contribution in [0.4, 0.5) is 0 Å². The van der Waals surface area contributed by atoms with Gasteiger partial charge in [-0.1, -0.05) is 89.8 Å². The maximum Gasteiger partial charge on any atom is 0.308 e. The molecule has 4 aromatic rings. The fourth-order valence-electron chi connectivity index (χ4n) is 6.11. The van der Waals surface area contributed by atoms with Crippen LogP contribution in [-0.2, 0) is 21.4 Å². The molecule has 1 aromatic heterocycles. The van der Waals surface area contributed by atoms with Crippen LogP contribution >= 0.6 is 0 Å². The van der Waals surface area contributed by atoms with Gasteiger partial charge in [-0.05, 0) is 59.7 Å². The molecule has 0 spiro atoms. The summed E-state index contributed by atoms with van der Waals surface area (Å²) in [6.07, 6.45) is 8.39. The minimum atomic E-state index is -0.914. The molecule has 2 unspecified atom stereocenters. The fourth-order valence-corrected chi connectivity index (χ4v) is 6.11. The molecule has 5 rings (SSSR count). The number of rotatable bonds is 14. The van der Waals surface area contributed by atoms with E-state index < -0.39 is 17.9 Å². The Labute approximate surface area is 289 Å². The van der Waals surface area contributed by atoms with Crippen molar-refractivity contribution in [1.29, 1.82) is 0 Å². The standard InChI is InChI=1S/C40H48N4O5/c1-5-6-7-8-9-22-49-33-18-19-34-31(24-33)25-41-36(42-34)28-12-10-27(11-13-28)23-35(38(46)44-21-20-30(26-44)39(47)48)43-37(45)29-14-16-32(17-15-29)40(2,3)4/h10-19,24-25,30,35H,5-9,20-23,26H2,1-4H3,(H,43,45)(H,47,48). The molecule has 9 nitrogen and oxygen atoms in total. The zero-order chi connectivity index (χ0) is 35.0. The van der Waals surface area contributed by atoms with Crippen LogP contribution in [0.1, 0.15) is 87.7 Å². The highest BCUT2D eigenvalue weighted by atomic mass is 16.5. The maximum absolute atomic E-state index is 13.7. The molecular formula is C40H48N4O5. The molecule has 0 aliphatic carbocycles. The van der Waals surface area contributed by atoms with Crippen LogP contribution in [0.2, 0.25) is 0 Å². The number of benzene rings is 3. The van der Waals surface area contributed by atoms with Gasteiger partial charge in [-0.2, -0.15) is 0 Å². The van der Waals surface area contributed by atoms with E-state index in [9.17, 15) is 19.5 Å². The van der Waals surface area contributed by atoms with Crippen molar-refractivity contribution < 1.29 is 24.2 Å². The fraction of sp³-hybridized carbons (Fsp3) is 0.425. The van der Waals surface area contributed by atoms with E-state index in [2.05, 4.69) is 38.0 Å². The first-order valence-corrected chi connectivity index (χ1v) is 17.4. The molecular weight excluding hydrogens is 616 g/mol. The number of unbranched alkanes of at least 4 members (excludes halogenated alkanes) is 4. The van der Waals surface area contributed by atoms with Crippen molar-refractivity contribution in [2.45, 2.75) is 84.1 Å². The highest BCUT2D eigenvalue weighted by Crippen LogP contribution is 2.25. The first-order chi connectivity index (χ1) is 23.5. The molecule has 1 fully saturated rings. The number of nitrogens with one attached hydrogen (secondary N) is 1. The Bertz CT molecular complexity index is 1750. The molecule has 1 aliphatic heterocycles. The molecule has 0 saturated carbocycles. The smallest absolute Gasteiger partial charge is 0.308 e. The Morgan fingerprint density at radius 1 is 0.980 bits per heavy atom. The van der Waals surface area contributed by atoms with Crippen molar-refractivity contribution in [3.8, 4) is 17.1 Å². The molecule has 1 aliphatic rings. The number of carboxylic acid groups (broad SMARTS) is 1. The number of fused-ring (bicyclic) bond motifs is 1. The minimum absolute atomic E-state index is 0.0561. The van der Waals surface area contributed by atoms with Crippen molar-refractivity contribution in [1.82, 2.24) is 20.2 Å². The molecule has 9 heteroatoms. The monoisotopic (exact) mass is 664 g/mol. The highest BCUT2D eigenvalue weighted by molar-refractivity contribution is 5.98. The Morgan fingerprint density at radius 3 is 2.39 bits per heavy atom. The maximum atomic E-state index is 13.7. The number of ether oxygens (including phenoxy) is 1. The largest absolute Gasteiger partial charge is 0.494 e. The average molecular weight is 665 g/mol. The summed E-state index contributed by atoms with van der Waals surface area (Å²) in [6.45, 7) is 9.70. The molecule has 2 heterocycles. The average Bonchev–Trinajstić information content (AvgIpc) is 3.60. The lowest BCUT2D eigenvalue weighted by Crippen LogP contribution is -2.49. The van der Waals surface area contributed by atoms with E-state index in [-0.39, 0.29) is 30.2 Å². The lowest BCUT2D eigenvalue weighted by Gasteiger charge is -2.25. The van der Waals surface area contributed by atoms with Crippen LogP contribution in [0.15, 0.2) is 72.9 Å². The van der Waals surface area contributed by atoms with E-state index in [1.165, 1.54) is 25.7 Å². The molecule has 258 valence electrons. The van der Waals surface area contributed by atoms with Gasteiger partial charge < -0.3 is 20.1 Å². The lowest BCUT2D eigenvalue weighted by molar-refractivity contribution is -0.141. The van der Waals surface area contributed by atoms with Crippen LogP contribution in [0.3, 0.4) is 0 Å². The van der Waals surface area contributed by atoms with E-state index in [0.717, 1.165) is 39.8 Å². The predicted molar refractivity (Wildman–Crippen MR) is 192 cm³/mol. The van der Waals surface area contributed by atoms with Gasteiger partial charge in [0.25, 0.3) is 5.91 Å². The molecule has 0 radical (unpaired) electrons. The third-order valence-electron chi connectivity index (χ3n) is 9.19. The van der Waals surface area contributed by atoms with Crippen LogP contribution in [-0.4, -0.2) is 63.5 Å². The number of carbonyl (C=O) groups is 3. The van der Waals surface area contributed by atoms with Crippen LogP contribution in [0.25, 0.3) is 22.3 Å². The molecule has 0 bridgehead atoms. The van der Waals surface area contributed by atoms with E-state index in [1.807, 2.05) is 54.6 Å². The van der Waals surface area contributed by atoms with Gasteiger partial charge in [0, 0.05) is 42.2 Å². The normalized spacial score (nSPS) is 15.3. The van der Waals surface area contributed by atoms with Crippen LogP contribution in [0, 0.1) is 5.92 Å². The van der Waals surface area contributed by atoms with Gasteiger partial charge in [-0.15, -0.1) is 0 Å².